The number of rotatable bonds is 2. The van der Waals surface area contributed by atoms with E-state index in [4.69, 9.17) is 5.73 Å². The van der Waals surface area contributed by atoms with Crippen molar-refractivity contribution in [3.63, 3.8) is 0 Å². The fraction of sp³-hybridized carbons (Fsp3) is 0.500. The number of hydrogen-bond donors (Lipinski definition) is 1. The minimum absolute atomic E-state index is 0.0105. The fourth-order valence-corrected chi connectivity index (χ4v) is 2.55. The second-order valence-corrected chi connectivity index (χ2v) is 4.81. The summed E-state index contributed by atoms with van der Waals surface area (Å²) >= 11 is 0. The summed E-state index contributed by atoms with van der Waals surface area (Å²) < 4.78 is 26.5. The van der Waals surface area contributed by atoms with E-state index in [1.807, 2.05) is 13.8 Å². The van der Waals surface area contributed by atoms with E-state index in [2.05, 4.69) is 0 Å². The number of halogens is 2. The Morgan fingerprint density at radius 3 is 2.53 bits per heavy atom. The van der Waals surface area contributed by atoms with Crippen LogP contribution in [0.5, 0.6) is 0 Å². The summed E-state index contributed by atoms with van der Waals surface area (Å²) in [6, 6.07) is 3.62. The largest absolute Gasteiger partial charge is 0.330 e. The summed E-state index contributed by atoms with van der Waals surface area (Å²) in [4.78, 5) is 0. The lowest BCUT2D eigenvalue weighted by atomic mass is 10.0. The van der Waals surface area contributed by atoms with Gasteiger partial charge >= 0.3 is 0 Å². The maximum atomic E-state index is 13.5. The topological polar surface area (TPSA) is 26.0 Å². The summed E-state index contributed by atoms with van der Waals surface area (Å²) in [7, 11) is 0. The summed E-state index contributed by atoms with van der Waals surface area (Å²) in [5.41, 5.74) is 6.07. The molecule has 0 radical (unpaired) electrons. The Balaban J connectivity index is 2.36. The Hall–Kier alpha value is -0.960. The predicted molar refractivity (Wildman–Crippen MR) is 55.4 cm³/mol. The minimum atomic E-state index is -0.384. The van der Waals surface area contributed by atoms with Crippen LogP contribution in [0.15, 0.2) is 18.2 Å². The van der Waals surface area contributed by atoms with Gasteiger partial charge in [0.05, 0.1) is 0 Å². The monoisotopic (exact) mass is 211 g/mol. The van der Waals surface area contributed by atoms with Gasteiger partial charge in [-0.05, 0) is 47.6 Å². The number of nitrogens with two attached hydrogens (primary N) is 1. The average molecular weight is 211 g/mol. The molecule has 0 aliphatic heterocycles. The van der Waals surface area contributed by atoms with E-state index >= 15 is 0 Å². The van der Waals surface area contributed by atoms with Crippen LogP contribution in [-0.2, 0) is 0 Å². The van der Waals surface area contributed by atoms with Gasteiger partial charge in [0.15, 0.2) is 0 Å². The SMILES string of the molecule is CC1(C)[C@H](CN)[C@H]1c1cc(F)ccc1F. The molecule has 1 aliphatic carbocycles. The molecule has 1 fully saturated rings. The Morgan fingerprint density at radius 1 is 1.33 bits per heavy atom. The van der Waals surface area contributed by atoms with Crippen molar-refractivity contribution in [2.45, 2.75) is 19.8 Å². The smallest absolute Gasteiger partial charge is 0.126 e. The highest BCUT2D eigenvalue weighted by atomic mass is 19.1. The first-order chi connectivity index (χ1) is 6.98. The van der Waals surface area contributed by atoms with E-state index in [9.17, 15) is 8.78 Å². The zero-order valence-corrected chi connectivity index (χ0v) is 8.93. The lowest BCUT2D eigenvalue weighted by molar-refractivity contribution is 0.546. The van der Waals surface area contributed by atoms with Crippen molar-refractivity contribution in [1.29, 1.82) is 0 Å². The first-order valence-corrected chi connectivity index (χ1v) is 5.13. The standard InChI is InChI=1S/C12H15F2N/c1-12(2)9(6-15)11(12)8-5-7(13)3-4-10(8)14/h3-5,9,11H,6,15H2,1-2H3/t9-,11-/m1/s1. The summed E-state index contributed by atoms with van der Waals surface area (Å²) in [6.45, 7) is 4.60. The number of benzene rings is 1. The fourth-order valence-electron chi connectivity index (χ4n) is 2.55. The van der Waals surface area contributed by atoms with Gasteiger partial charge in [0, 0.05) is 0 Å². The zero-order valence-electron chi connectivity index (χ0n) is 8.93. The van der Waals surface area contributed by atoms with Gasteiger partial charge in [-0.2, -0.15) is 0 Å². The Kier molecular flexibility index (Phi) is 2.30. The number of hydrogen-bond acceptors (Lipinski definition) is 1. The lowest BCUT2D eigenvalue weighted by Crippen LogP contribution is -2.05. The quantitative estimate of drug-likeness (QED) is 0.799. The van der Waals surface area contributed by atoms with Crippen LogP contribution < -0.4 is 5.73 Å². The molecule has 15 heavy (non-hydrogen) atoms. The molecule has 2 atom stereocenters. The first kappa shape index (κ1) is 10.6. The van der Waals surface area contributed by atoms with Crippen molar-refractivity contribution in [2.75, 3.05) is 6.54 Å². The second kappa shape index (κ2) is 3.27. The van der Waals surface area contributed by atoms with Crippen molar-refractivity contribution in [2.24, 2.45) is 17.1 Å². The maximum Gasteiger partial charge on any atom is 0.126 e. The van der Waals surface area contributed by atoms with Crippen LogP contribution in [0.3, 0.4) is 0 Å². The molecule has 1 aromatic rings. The van der Waals surface area contributed by atoms with Gasteiger partial charge in [-0.1, -0.05) is 13.8 Å². The molecule has 1 aliphatic rings. The van der Waals surface area contributed by atoms with E-state index in [1.165, 1.54) is 12.1 Å². The van der Waals surface area contributed by atoms with E-state index in [1.54, 1.807) is 0 Å². The van der Waals surface area contributed by atoms with Crippen LogP contribution >= 0.6 is 0 Å². The molecular weight excluding hydrogens is 196 g/mol. The lowest BCUT2D eigenvalue weighted by Gasteiger charge is -2.04. The average Bonchev–Trinajstić information content (AvgIpc) is 2.72. The molecule has 3 heteroatoms. The summed E-state index contributed by atoms with van der Waals surface area (Å²) in [5, 5.41) is 0. The molecule has 0 spiro atoms. The third-order valence-corrected chi connectivity index (χ3v) is 3.60. The Labute approximate surface area is 88.3 Å². The van der Waals surface area contributed by atoms with Crippen molar-refractivity contribution in [1.82, 2.24) is 0 Å². The van der Waals surface area contributed by atoms with Crippen LogP contribution in [0.25, 0.3) is 0 Å². The highest BCUT2D eigenvalue weighted by Gasteiger charge is 2.58. The Morgan fingerprint density at radius 2 is 2.00 bits per heavy atom. The molecule has 0 heterocycles. The van der Waals surface area contributed by atoms with Gasteiger partial charge in [0.1, 0.15) is 11.6 Å². The van der Waals surface area contributed by atoms with E-state index in [0.717, 1.165) is 6.07 Å². The summed E-state index contributed by atoms with van der Waals surface area (Å²) in [5.74, 6) is -0.401. The van der Waals surface area contributed by atoms with Crippen molar-refractivity contribution >= 4 is 0 Å². The minimum Gasteiger partial charge on any atom is -0.330 e. The maximum absolute atomic E-state index is 13.5. The van der Waals surface area contributed by atoms with E-state index in [0.29, 0.717) is 12.1 Å². The molecule has 0 saturated heterocycles. The van der Waals surface area contributed by atoms with Crippen LogP contribution in [0.2, 0.25) is 0 Å². The molecular formula is C12H15F2N. The van der Waals surface area contributed by atoms with Gasteiger partial charge < -0.3 is 5.73 Å². The zero-order chi connectivity index (χ0) is 11.2. The van der Waals surface area contributed by atoms with Crippen LogP contribution in [-0.4, -0.2) is 6.54 Å². The molecule has 0 amide bonds. The van der Waals surface area contributed by atoms with Gasteiger partial charge in [0.25, 0.3) is 0 Å². The van der Waals surface area contributed by atoms with Gasteiger partial charge in [-0.3, -0.25) is 0 Å². The van der Waals surface area contributed by atoms with Gasteiger partial charge in [0.2, 0.25) is 0 Å². The third-order valence-electron chi connectivity index (χ3n) is 3.60. The molecule has 2 rings (SSSR count). The molecule has 0 unspecified atom stereocenters. The molecule has 0 bridgehead atoms. The van der Waals surface area contributed by atoms with Crippen LogP contribution in [0, 0.1) is 23.0 Å². The molecule has 0 aromatic heterocycles. The molecule has 82 valence electrons. The molecule has 1 nitrogen and oxygen atoms in total. The van der Waals surface area contributed by atoms with Crippen molar-refractivity contribution in [3.8, 4) is 0 Å². The molecule has 1 saturated carbocycles. The van der Waals surface area contributed by atoms with Crippen LogP contribution in [0.4, 0.5) is 8.78 Å². The molecule has 1 aromatic carbocycles. The Bertz CT molecular complexity index is 387. The first-order valence-electron chi connectivity index (χ1n) is 5.13. The van der Waals surface area contributed by atoms with Gasteiger partial charge in [-0.15, -0.1) is 0 Å². The molecule has 2 N–H and O–H groups in total. The highest BCUT2D eigenvalue weighted by molar-refractivity contribution is 5.33. The highest BCUT2D eigenvalue weighted by Crippen LogP contribution is 2.64. The second-order valence-electron chi connectivity index (χ2n) is 4.81. The van der Waals surface area contributed by atoms with Crippen molar-refractivity contribution < 1.29 is 8.78 Å². The van der Waals surface area contributed by atoms with E-state index < -0.39 is 0 Å². The van der Waals surface area contributed by atoms with E-state index in [-0.39, 0.29) is 28.9 Å². The van der Waals surface area contributed by atoms with Crippen LogP contribution in [0.1, 0.15) is 25.3 Å². The van der Waals surface area contributed by atoms with Crippen molar-refractivity contribution in [3.05, 3.63) is 35.4 Å². The normalized spacial score (nSPS) is 27.8. The van der Waals surface area contributed by atoms with Gasteiger partial charge in [-0.25, -0.2) is 8.78 Å². The predicted octanol–water partition coefficient (Wildman–Crippen LogP) is 2.66. The summed E-state index contributed by atoms with van der Waals surface area (Å²) in [6.07, 6.45) is 0. The third kappa shape index (κ3) is 1.55.